The van der Waals surface area contributed by atoms with E-state index in [1.807, 2.05) is 42.7 Å². The summed E-state index contributed by atoms with van der Waals surface area (Å²) in [6, 6.07) is 12.6. The van der Waals surface area contributed by atoms with Crippen molar-refractivity contribution in [3.05, 3.63) is 76.5 Å². The quantitative estimate of drug-likeness (QED) is 0.451. The van der Waals surface area contributed by atoms with Crippen LogP contribution < -0.4 is 5.32 Å². The van der Waals surface area contributed by atoms with Crippen molar-refractivity contribution in [2.45, 2.75) is 27.0 Å². The van der Waals surface area contributed by atoms with Gasteiger partial charge in [0.2, 0.25) is 0 Å². The lowest BCUT2D eigenvalue weighted by atomic mass is 10.1. The third kappa shape index (κ3) is 3.88. The number of anilines is 1. The molecule has 2 aromatic heterocycles. The number of fused-ring (bicyclic) bond motifs is 1. The monoisotopic (exact) mass is 424 g/mol. The van der Waals surface area contributed by atoms with E-state index in [9.17, 15) is 9.50 Å². The molecule has 0 amide bonds. The van der Waals surface area contributed by atoms with Crippen LogP contribution in [0.5, 0.6) is 0 Å². The van der Waals surface area contributed by atoms with Gasteiger partial charge >= 0.3 is 0 Å². The highest BCUT2D eigenvalue weighted by molar-refractivity contribution is 6.31. The molecule has 7 heteroatoms. The number of hydrogen-bond acceptors (Lipinski definition) is 4. The van der Waals surface area contributed by atoms with E-state index in [4.69, 9.17) is 11.6 Å². The van der Waals surface area contributed by atoms with Crippen LogP contribution in [0.4, 0.5) is 10.2 Å². The Labute approximate surface area is 179 Å². The topological polar surface area (TPSA) is 63.0 Å². The molecule has 2 aromatic carbocycles. The fourth-order valence-electron chi connectivity index (χ4n) is 3.63. The van der Waals surface area contributed by atoms with E-state index in [2.05, 4.69) is 15.3 Å². The number of nitrogens with zero attached hydrogens (tertiary/aromatic N) is 3. The van der Waals surface area contributed by atoms with Crippen LogP contribution in [0.2, 0.25) is 5.02 Å². The number of aromatic nitrogens is 3. The molecule has 0 aliphatic rings. The van der Waals surface area contributed by atoms with Crippen molar-refractivity contribution in [2.75, 3.05) is 11.9 Å². The summed E-state index contributed by atoms with van der Waals surface area (Å²) in [6.45, 7) is 5.06. The summed E-state index contributed by atoms with van der Waals surface area (Å²) in [7, 11) is 0. The zero-order valence-corrected chi connectivity index (χ0v) is 17.5. The van der Waals surface area contributed by atoms with Crippen molar-refractivity contribution < 1.29 is 9.50 Å². The molecule has 2 heterocycles. The first-order valence-corrected chi connectivity index (χ1v) is 10.1. The minimum absolute atomic E-state index is 0.108. The minimum atomic E-state index is -0.212. The average Bonchev–Trinajstić information content (AvgIpc) is 3.08. The van der Waals surface area contributed by atoms with Crippen molar-refractivity contribution in [3.63, 3.8) is 0 Å². The van der Waals surface area contributed by atoms with Gasteiger partial charge in [0, 0.05) is 40.8 Å². The predicted octanol–water partition coefficient (Wildman–Crippen LogP) is 5.11. The molecule has 0 aliphatic carbocycles. The largest absolute Gasteiger partial charge is 0.392 e. The molecule has 5 nitrogen and oxygen atoms in total. The number of benzene rings is 2. The van der Waals surface area contributed by atoms with Gasteiger partial charge in [-0.3, -0.25) is 0 Å². The number of aliphatic hydroxyl groups is 1. The molecule has 0 saturated heterocycles. The number of aliphatic hydroxyl groups excluding tert-OH is 1. The molecule has 0 fully saturated rings. The standard InChI is InChI=1S/C23H22ClFN4O/c1-14-3-6-20(25)23-18(14)9-15(2)29(23)8-7-26-22-11-21(27-13-28-22)16-4-5-17(12-30)19(24)10-16/h3-6,9-11,13,30H,7-8,12H2,1-2H3,(H,26,27,28). The summed E-state index contributed by atoms with van der Waals surface area (Å²) < 4.78 is 16.4. The Morgan fingerprint density at radius 2 is 1.93 bits per heavy atom. The number of aryl methyl sites for hydroxylation is 2. The van der Waals surface area contributed by atoms with Gasteiger partial charge in [0.15, 0.2) is 0 Å². The Bertz CT molecular complexity index is 1220. The lowest BCUT2D eigenvalue weighted by Gasteiger charge is -2.12. The van der Waals surface area contributed by atoms with Crippen molar-refractivity contribution in [1.29, 1.82) is 0 Å². The smallest absolute Gasteiger partial charge is 0.147 e. The molecule has 0 atom stereocenters. The zero-order valence-electron chi connectivity index (χ0n) is 16.8. The molecule has 30 heavy (non-hydrogen) atoms. The maximum Gasteiger partial charge on any atom is 0.147 e. The van der Waals surface area contributed by atoms with Gasteiger partial charge < -0.3 is 15.0 Å². The molecule has 0 saturated carbocycles. The Kier molecular flexibility index (Phi) is 5.70. The number of nitrogens with one attached hydrogen (secondary N) is 1. The molecule has 4 aromatic rings. The fraction of sp³-hybridized carbons (Fsp3) is 0.217. The SMILES string of the molecule is Cc1ccc(F)c2c1cc(C)n2CCNc1cc(-c2ccc(CO)c(Cl)c2)ncn1. The molecule has 0 radical (unpaired) electrons. The Hall–Kier alpha value is -2.96. The second kappa shape index (κ2) is 8.42. The third-order valence-corrected chi connectivity index (χ3v) is 5.61. The summed E-state index contributed by atoms with van der Waals surface area (Å²) in [5.74, 6) is 0.462. The Morgan fingerprint density at radius 3 is 2.70 bits per heavy atom. The van der Waals surface area contributed by atoms with Crippen LogP contribution in [-0.4, -0.2) is 26.2 Å². The predicted molar refractivity (Wildman–Crippen MR) is 118 cm³/mol. The molecule has 0 bridgehead atoms. The number of rotatable bonds is 6. The molecular formula is C23H22ClFN4O. The van der Waals surface area contributed by atoms with Crippen LogP contribution in [0.3, 0.4) is 0 Å². The minimum Gasteiger partial charge on any atom is -0.392 e. The van der Waals surface area contributed by atoms with E-state index >= 15 is 0 Å². The maximum atomic E-state index is 14.4. The van der Waals surface area contributed by atoms with E-state index in [0.29, 0.717) is 35.0 Å². The van der Waals surface area contributed by atoms with E-state index in [1.54, 1.807) is 12.1 Å². The summed E-state index contributed by atoms with van der Waals surface area (Å²) in [5.41, 5.74) is 4.95. The van der Waals surface area contributed by atoms with Crippen molar-refractivity contribution in [3.8, 4) is 11.3 Å². The highest BCUT2D eigenvalue weighted by atomic mass is 35.5. The van der Waals surface area contributed by atoms with Gasteiger partial charge in [-0.1, -0.05) is 29.8 Å². The molecule has 0 unspecified atom stereocenters. The normalized spacial score (nSPS) is 11.2. The summed E-state index contributed by atoms with van der Waals surface area (Å²) >= 11 is 6.19. The first kappa shape index (κ1) is 20.3. The third-order valence-electron chi connectivity index (χ3n) is 5.26. The van der Waals surface area contributed by atoms with Gasteiger partial charge in [0.05, 0.1) is 17.8 Å². The second-order valence-electron chi connectivity index (χ2n) is 7.24. The van der Waals surface area contributed by atoms with Crippen molar-refractivity contribution in [2.24, 2.45) is 0 Å². The first-order chi connectivity index (χ1) is 14.5. The van der Waals surface area contributed by atoms with E-state index < -0.39 is 0 Å². The maximum absolute atomic E-state index is 14.4. The second-order valence-corrected chi connectivity index (χ2v) is 7.65. The first-order valence-electron chi connectivity index (χ1n) is 9.68. The van der Waals surface area contributed by atoms with E-state index in [0.717, 1.165) is 27.9 Å². The van der Waals surface area contributed by atoms with Gasteiger partial charge in [-0.05, 0) is 43.2 Å². The van der Waals surface area contributed by atoms with Crippen LogP contribution in [0.15, 0.2) is 48.8 Å². The lowest BCUT2D eigenvalue weighted by Crippen LogP contribution is -2.13. The van der Waals surface area contributed by atoms with Gasteiger partial charge in [-0.2, -0.15) is 0 Å². The summed E-state index contributed by atoms with van der Waals surface area (Å²) in [5, 5.41) is 14.0. The van der Waals surface area contributed by atoms with Gasteiger partial charge in [0.25, 0.3) is 0 Å². The van der Waals surface area contributed by atoms with Crippen molar-refractivity contribution in [1.82, 2.24) is 14.5 Å². The van der Waals surface area contributed by atoms with Crippen LogP contribution in [0.25, 0.3) is 22.2 Å². The van der Waals surface area contributed by atoms with Gasteiger partial charge in [0.1, 0.15) is 18.0 Å². The summed E-state index contributed by atoms with van der Waals surface area (Å²) in [4.78, 5) is 8.59. The molecule has 0 aliphatic heterocycles. The van der Waals surface area contributed by atoms with Gasteiger partial charge in [-0.25, -0.2) is 14.4 Å². The molecule has 4 rings (SSSR count). The molecule has 0 spiro atoms. The van der Waals surface area contributed by atoms with Gasteiger partial charge in [-0.15, -0.1) is 0 Å². The summed E-state index contributed by atoms with van der Waals surface area (Å²) in [6.07, 6.45) is 1.49. The zero-order chi connectivity index (χ0) is 21.3. The van der Waals surface area contributed by atoms with Crippen molar-refractivity contribution >= 4 is 28.3 Å². The van der Waals surface area contributed by atoms with Crippen LogP contribution in [-0.2, 0) is 13.2 Å². The number of hydrogen-bond donors (Lipinski definition) is 2. The lowest BCUT2D eigenvalue weighted by molar-refractivity contribution is 0.282. The number of halogens is 2. The Balaban J connectivity index is 1.51. The van der Waals surface area contributed by atoms with Crippen LogP contribution in [0, 0.1) is 19.7 Å². The van der Waals surface area contributed by atoms with E-state index in [1.165, 1.54) is 12.4 Å². The Morgan fingerprint density at radius 1 is 1.10 bits per heavy atom. The van der Waals surface area contributed by atoms with Crippen LogP contribution in [0.1, 0.15) is 16.8 Å². The average molecular weight is 425 g/mol. The molecule has 154 valence electrons. The highest BCUT2D eigenvalue weighted by Crippen LogP contribution is 2.27. The molecule has 2 N–H and O–H groups in total. The molecular weight excluding hydrogens is 403 g/mol. The van der Waals surface area contributed by atoms with Crippen LogP contribution >= 0.6 is 11.6 Å². The fourth-order valence-corrected chi connectivity index (χ4v) is 3.87. The highest BCUT2D eigenvalue weighted by Gasteiger charge is 2.12. The van der Waals surface area contributed by atoms with E-state index in [-0.39, 0.29) is 12.4 Å².